The Morgan fingerprint density at radius 2 is 1.78 bits per heavy atom. The Morgan fingerprint density at radius 3 is 2.47 bits per heavy atom. The van der Waals surface area contributed by atoms with Gasteiger partial charge in [-0.2, -0.15) is 23.5 Å². The number of halogens is 3. The van der Waals surface area contributed by atoms with Crippen LogP contribution in [0.2, 0.25) is 0 Å². The molecule has 4 aromatic rings. The number of fused-ring (bicyclic) bond motifs is 3. The minimum Gasteiger partial charge on any atom is -0.504 e. The van der Waals surface area contributed by atoms with Crippen LogP contribution in [0.5, 0.6) is 0 Å². The molecule has 0 saturated carbocycles. The average molecular weight is 457 g/mol. The maximum Gasteiger partial charge on any atom is 0.416 e. The van der Waals surface area contributed by atoms with E-state index in [2.05, 4.69) is 5.10 Å². The number of benzene rings is 3. The monoisotopic (exact) mass is 457 g/mol. The predicted molar refractivity (Wildman–Crippen MR) is 112 cm³/mol. The normalized spacial score (nSPS) is 13.2. The van der Waals surface area contributed by atoms with Gasteiger partial charge in [-0.1, -0.05) is 36.4 Å². The van der Waals surface area contributed by atoms with E-state index in [9.17, 15) is 32.0 Å². The molecule has 1 aromatic heterocycles. The van der Waals surface area contributed by atoms with E-state index in [0.29, 0.717) is 23.0 Å². The summed E-state index contributed by atoms with van der Waals surface area (Å²) in [5.74, 6) is -0.939. The smallest absolute Gasteiger partial charge is 0.416 e. The van der Waals surface area contributed by atoms with Gasteiger partial charge in [-0.15, -0.1) is 0 Å². The molecule has 0 aliphatic carbocycles. The zero-order valence-corrected chi connectivity index (χ0v) is 17.2. The molecule has 0 bridgehead atoms. The van der Waals surface area contributed by atoms with Gasteiger partial charge in [-0.3, -0.25) is 4.68 Å². The van der Waals surface area contributed by atoms with Gasteiger partial charge in [0.1, 0.15) is 11.8 Å². The summed E-state index contributed by atoms with van der Waals surface area (Å²) >= 11 is 0. The molecule has 6 nitrogen and oxygen atoms in total. The van der Waals surface area contributed by atoms with Crippen molar-refractivity contribution in [3.8, 4) is 6.07 Å². The number of allylic oxidation sites excluding steroid dienone is 1. The lowest BCUT2D eigenvalue weighted by Crippen LogP contribution is -2.10. The topological polar surface area (TPSA) is 96.0 Å². The second-order valence-corrected chi connectivity index (χ2v) is 8.86. The number of nitrogens with zero attached hydrogens (tertiary/aromatic N) is 3. The van der Waals surface area contributed by atoms with Crippen LogP contribution >= 0.6 is 0 Å². The molecule has 0 saturated heterocycles. The fraction of sp³-hybridized carbons (Fsp3) is 0.0909. The number of aryl methyl sites for hydroxylation is 1. The van der Waals surface area contributed by atoms with Crippen molar-refractivity contribution in [3.63, 3.8) is 0 Å². The van der Waals surface area contributed by atoms with Crippen molar-refractivity contribution in [3.05, 3.63) is 76.8 Å². The van der Waals surface area contributed by atoms with Gasteiger partial charge in [0.05, 0.1) is 16.0 Å². The molecule has 1 N–H and O–H groups in total. The second kappa shape index (κ2) is 7.39. The summed E-state index contributed by atoms with van der Waals surface area (Å²) in [4.78, 5) is -1.86. The van der Waals surface area contributed by atoms with Gasteiger partial charge in [0.15, 0.2) is 10.7 Å². The van der Waals surface area contributed by atoms with E-state index in [-0.39, 0.29) is 5.69 Å². The number of nitriles is 1. The third-order valence-electron chi connectivity index (χ3n) is 5.01. The van der Waals surface area contributed by atoms with Crippen molar-refractivity contribution < 1.29 is 26.7 Å². The maximum atomic E-state index is 13.0. The summed E-state index contributed by atoms with van der Waals surface area (Å²) in [7, 11) is -3.17. The largest absolute Gasteiger partial charge is 0.504 e. The van der Waals surface area contributed by atoms with E-state index in [1.807, 2.05) is 24.3 Å². The Labute approximate surface area is 180 Å². The molecule has 0 amide bonds. The number of aliphatic hydroxyl groups is 1. The highest BCUT2D eigenvalue weighted by Crippen LogP contribution is 2.35. The molecular weight excluding hydrogens is 443 g/mol. The lowest BCUT2D eigenvalue weighted by molar-refractivity contribution is -0.137. The molecule has 0 unspecified atom stereocenters. The number of hydrogen-bond acceptors (Lipinski definition) is 5. The summed E-state index contributed by atoms with van der Waals surface area (Å²) in [6, 6.07) is 15.1. The Morgan fingerprint density at radius 1 is 1.06 bits per heavy atom. The number of aliphatic hydroxyl groups excluding tert-OH is 1. The van der Waals surface area contributed by atoms with Crippen molar-refractivity contribution in [2.24, 2.45) is 7.05 Å². The Hall–Kier alpha value is -3.84. The first kappa shape index (κ1) is 21.4. The van der Waals surface area contributed by atoms with E-state index in [1.54, 1.807) is 19.2 Å². The highest BCUT2D eigenvalue weighted by atomic mass is 32.2. The molecule has 1 heterocycles. The van der Waals surface area contributed by atoms with Gasteiger partial charge in [-0.25, -0.2) is 8.42 Å². The van der Waals surface area contributed by atoms with Gasteiger partial charge in [0, 0.05) is 17.8 Å². The molecule has 3 aromatic carbocycles. The molecule has 0 spiro atoms. The van der Waals surface area contributed by atoms with E-state index < -0.39 is 37.1 Å². The number of rotatable bonds is 3. The molecule has 0 aliphatic rings. The van der Waals surface area contributed by atoms with Gasteiger partial charge in [0.2, 0.25) is 9.84 Å². The Balaban J connectivity index is 1.95. The van der Waals surface area contributed by atoms with E-state index >= 15 is 0 Å². The van der Waals surface area contributed by atoms with E-state index in [0.717, 1.165) is 22.9 Å². The number of sulfone groups is 1. The number of aromatic nitrogens is 2. The molecule has 10 heteroatoms. The van der Waals surface area contributed by atoms with Gasteiger partial charge < -0.3 is 5.11 Å². The molecule has 32 heavy (non-hydrogen) atoms. The van der Waals surface area contributed by atoms with Crippen molar-refractivity contribution in [2.75, 3.05) is 0 Å². The zero-order valence-electron chi connectivity index (χ0n) is 16.4. The van der Waals surface area contributed by atoms with Gasteiger partial charge in [-0.05, 0) is 29.7 Å². The van der Waals surface area contributed by atoms with Crippen LogP contribution in [-0.4, -0.2) is 23.3 Å². The quantitative estimate of drug-likeness (QED) is 0.346. The molecule has 162 valence electrons. The molecular formula is C22H14F3N3O3S. The van der Waals surface area contributed by atoms with Crippen LogP contribution in [0.1, 0.15) is 11.3 Å². The van der Waals surface area contributed by atoms with Crippen molar-refractivity contribution in [1.29, 1.82) is 5.26 Å². The Kier molecular flexibility index (Phi) is 4.94. The fourth-order valence-corrected chi connectivity index (χ4v) is 4.78. The van der Waals surface area contributed by atoms with Crippen LogP contribution in [0.3, 0.4) is 0 Å². The highest BCUT2D eigenvalue weighted by molar-refractivity contribution is 7.95. The van der Waals surface area contributed by atoms with Crippen molar-refractivity contribution in [1.82, 2.24) is 9.78 Å². The number of alkyl halides is 3. The first-order valence-electron chi connectivity index (χ1n) is 9.16. The van der Waals surface area contributed by atoms with Crippen molar-refractivity contribution >= 4 is 37.3 Å². The van der Waals surface area contributed by atoms with Gasteiger partial charge in [0.25, 0.3) is 0 Å². The average Bonchev–Trinajstić information content (AvgIpc) is 3.10. The number of hydrogen-bond donors (Lipinski definition) is 1. The third kappa shape index (κ3) is 3.36. The summed E-state index contributed by atoms with van der Waals surface area (Å²) in [6.45, 7) is 0. The van der Waals surface area contributed by atoms with E-state index in [4.69, 9.17) is 0 Å². The third-order valence-corrected chi connectivity index (χ3v) is 6.71. The minimum atomic E-state index is -4.78. The van der Waals surface area contributed by atoms with E-state index in [1.165, 1.54) is 10.8 Å². The van der Waals surface area contributed by atoms with Crippen LogP contribution < -0.4 is 0 Å². The molecule has 0 aliphatic heterocycles. The maximum absolute atomic E-state index is 13.0. The molecule has 0 atom stereocenters. The summed E-state index contributed by atoms with van der Waals surface area (Å²) in [5.41, 5.74) is -0.760. The lowest BCUT2D eigenvalue weighted by atomic mass is 10.1. The predicted octanol–water partition coefficient (Wildman–Crippen LogP) is 4.97. The molecule has 0 radical (unpaired) electrons. The van der Waals surface area contributed by atoms with Crippen LogP contribution in [0.15, 0.2) is 70.5 Å². The summed E-state index contributed by atoms with van der Waals surface area (Å²) in [5, 5.41) is 26.5. The first-order valence-corrected chi connectivity index (χ1v) is 10.6. The summed E-state index contributed by atoms with van der Waals surface area (Å²) in [6.07, 6.45) is -4.78. The molecule has 0 fully saturated rings. The first-order chi connectivity index (χ1) is 15.1. The minimum absolute atomic E-state index is 0.166. The standard InChI is InChI=1S/C22H14F3N3O3S/c1-28-20-16-8-3-2-5-13(16)9-10-17(20)19(27-28)21(29)18(12-26)32(30,31)15-7-4-6-14(11-15)22(23,24)25/h2-11,29H,1H3/b21-18+. The highest BCUT2D eigenvalue weighted by Gasteiger charge is 2.34. The van der Waals surface area contributed by atoms with Gasteiger partial charge >= 0.3 is 6.18 Å². The van der Waals surface area contributed by atoms with Crippen LogP contribution in [0.4, 0.5) is 13.2 Å². The Bertz CT molecular complexity index is 1560. The van der Waals surface area contributed by atoms with Crippen LogP contribution in [-0.2, 0) is 23.1 Å². The second-order valence-electron chi connectivity index (χ2n) is 6.97. The lowest BCUT2D eigenvalue weighted by Gasteiger charge is -2.09. The fourth-order valence-electron chi connectivity index (χ4n) is 3.53. The van der Waals surface area contributed by atoms with Crippen LogP contribution in [0.25, 0.3) is 27.4 Å². The van der Waals surface area contributed by atoms with Crippen LogP contribution in [0, 0.1) is 11.3 Å². The molecule has 4 rings (SSSR count). The van der Waals surface area contributed by atoms with Crippen molar-refractivity contribution in [2.45, 2.75) is 11.1 Å². The zero-order chi connectivity index (χ0) is 23.3. The SMILES string of the molecule is Cn1nc(/C(O)=C(/C#N)S(=O)(=O)c2cccc(C(F)(F)F)c2)c2ccc3ccccc3c21. The summed E-state index contributed by atoms with van der Waals surface area (Å²) < 4.78 is 66.5.